The van der Waals surface area contributed by atoms with Crippen molar-refractivity contribution in [1.82, 2.24) is 20.2 Å². The van der Waals surface area contributed by atoms with Gasteiger partial charge in [0.15, 0.2) is 5.78 Å². The quantitative estimate of drug-likeness (QED) is 0.0224. The number of aliphatic hydroxyl groups excluding tert-OH is 1. The average Bonchev–Trinajstić information content (AvgIpc) is 3.47. The maximum Gasteiger partial charge on any atom is 0.490 e. The fourth-order valence-electron chi connectivity index (χ4n) is 5.40. The van der Waals surface area contributed by atoms with Crippen LogP contribution in [-0.4, -0.2) is 122 Å². The van der Waals surface area contributed by atoms with E-state index in [1.807, 2.05) is 0 Å². The molecule has 8 atom stereocenters. The van der Waals surface area contributed by atoms with Crippen LogP contribution in [0, 0.1) is 5.92 Å². The summed E-state index contributed by atoms with van der Waals surface area (Å²) >= 11 is 0. The number of carbonyl (C=O) groups excluding carboxylic acids is 4. The first-order valence-corrected chi connectivity index (χ1v) is 25.1. The minimum atomic E-state index is -5.79. The van der Waals surface area contributed by atoms with Gasteiger partial charge in [-0.1, -0.05) is 21.6 Å². The zero-order chi connectivity index (χ0) is 47.0. The Bertz CT molecular complexity index is 1970. The second-order valence-electron chi connectivity index (χ2n) is 13.4. The van der Waals surface area contributed by atoms with Gasteiger partial charge in [0.05, 0.1) is 37.5 Å². The number of phosphoric acid groups is 3. The minimum Gasteiger partial charge on any atom is -0.481 e. The van der Waals surface area contributed by atoms with Gasteiger partial charge in [-0.3, -0.25) is 37.9 Å². The maximum absolute atomic E-state index is 13.1. The lowest BCUT2D eigenvalue weighted by molar-refractivity contribution is -0.145. The van der Waals surface area contributed by atoms with E-state index in [-0.39, 0.29) is 30.6 Å². The molecule has 1 aliphatic rings. The fraction of sp³-hybridized carbons (Fsp3) is 0.667. The highest BCUT2D eigenvalue weighted by Gasteiger charge is 2.43. The summed E-state index contributed by atoms with van der Waals surface area (Å²) in [7, 11) is -14.1. The highest BCUT2D eigenvalue weighted by atomic mass is 33.1. The van der Waals surface area contributed by atoms with Gasteiger partial charge in [-0.15, -0.1) is 0 Å². The van der Waals surface area contributed by atoms with E-state index in [9.17, 15) is 67.3 Å². The van der Waals surface area contributed by atoms with Crippen LogP contribution in [0.15, 0.2) is 11.0 Å². The van der Waals surface area contributed by atoms with Gasteiger partial charge in [0, 0.05) is 55.5 Å². The number of nitrogens with zero attached hydrogens (tertiary/aromatic N) is 2. The van der Waals surface area contributed by atoms with Crippen LogP contribution in [0.4, 0.5) is 5.82 Å². The molecule has 1 aromatic heterocycles. The van der Waals surface area contributed by atoms with Gasteiger partial charge >= 0.3 is 47.1 Å². The summed E-state index contributed by atoms with van der Waals surface area (Å²) < 4.78 is 57.7. The number of aromatic nitrogens is 2. The van der Waals surface area contributed by atoms with Crippen LogP contribution in [0.1, 0.15) is 77.0 Å². The molecule has 0 bridgehead atoms. The lowest BCUT2D eigenvalue weighted by Crippen LogP contribution is -2.44. The Balaban J connectivity index is 1.81. The first-order valence-electron chi connectivity index (χ1n) is 18.1. The van der Waals surface area contributed by atoms with Crippen LogP contribution in [0.5, 0.6) is 0 Å². The first-order chi connectivity index (χ1) is 28.7. The topological polar surface area (TPSA) is 426 Å². The van der Waals surface area contributed by atoms with Crippen LogP contribution in [0.3, 0.4) is 0 Å². The highest BCUT2D eigenvalue weighted by molar-refractivity contribution is 8.76. The van der Waals surface area contributed by atoms with E-state index in [1.165, 1.54) is 35.4 Å². The number of anilines is 1. The Morgan fingerprint density at radius 3 is 2.19 bits per heavy atom. The summed E-state index contributed by atoms with van der Waals surface area (Å²) in [5.74, 6) is -5.58. The van der Waals surface area contributed by atoms with Gasteiger partial charge in [-0.2, -0.15) is 13.6 Å². The number of Topliss-reactive ketones (excluding diaryl/α,β-unsaturated/α-hetero) is 1. The number of aliphatic carboxylic acids is 2. The van der Waals surface area contributed by atoms with Gasteiger partial charge in [0.2, 0.25) is 11.8 Å². The monoisotopic (exact) mass is 987 g/mol. The number of aliphatic hydroxyl groups is 1. The number of carbonyl (C=O) groups is 6. The smallest absolute Gasteiger partial charge is 0.481 e. The zero-order valence-corrected chi connectivity index (χ0v) is 37.2. The van der Waals surface area contributed by atoms with E-state index in [0.29, 0.717) is 24.3 Å². The molecule has 2 amide bonds. The number of carboxylic acids is 2. The second-order valence-corrected chi connectivity index (χ2v) is 20.6. The Kier molecular flexibility index (Phi) is 22.4. The molecule has 2 rings (SSSR count). The molecule has 1 aliphatic heterocycles. The number of esters is 1. The standard InChI is InChI=1S/C30H48N5O22P3S2/c1-16(9-25(39)40)32-29(44)18(11-26(41)42)10-21(37)20(33-17(2)36)5-3-7-61-62-8-4-6-27(43)53-14-19-13-35(30(45)34-28(19)31)24-12-22(38)23(55-24)15-54-59(49,50)57-60(51,52)56-58(46,47)48/h13,16,18,20,22-24,38H,3-12,14-15H2,1-2H3,(H,32,44)(H,33,36)(H,39,40)(H,41,42)(H,49,50)(H,51,52)(H2,31,34,45)(H2,46,47,48). The van der Waals surface area contributed by atoms with E-state index in [0.717, 1.165) is 10.8 Å². The van der Waals surface area contributed by atoms with E-state index in [1.54, 1.807) is 0 Å². The summed E-state index contributed by atoms with van der Waals surface area (Å²) in [4.78, 5) is 125. The first kappa shape index (κ1) is 54.9. The van der Waals surface area contributed by atoms with Gasteiger partial charge in [0.1, 0.15) is 24.8 Å². The summed E-state index contributed by atoms with van der Waals surface area (Å²) in [6.45, 7) is 1.21. The summed E-state index contributed by atoms with van der Waals surface area (Å²) in [6, 6.07) is -1.81. The molecule has 27 nitrogen and oxygen atoms in total. The number of ether oxygens (including phenoxy) is 2. The number of ketones is 1. The van der Waals surface area contributed by atoms with E-state index < -0.39 is 134 Å². The molecular weight excluding hydrogens is 939 g/mol. The number of nitrogen functional groups attached to an aromatic ring is 1. The molecule has 1 saturated heterocycles. The van der Waals surface area contributed by atoms with Crippen LogP contribution in [0.25, 0.3) is 0 Å². The van der Waals surface area contributed by atoms with E-state index in [2.05, 4.69) is 28.8 Å². The molecule has 1 aromatic rings. The molecule has 352 valence electrons. The minimum absolute atomic E-state index is 0.0188. The zero-order valence-electron chi connectivity index (χ0n) is 32.9. The van der Waals surface area contributed by atoms with Crippen LogP contribution < -0.4 is 22.1 Å². The molecule has 0 saturated carbocycles. The third-order valence-corrected chi connectivity index (χ3v) is 14.4. The maximum atomic E-state index is 13.1. The number of nitrogens with one attached hydrogen (secondary N) is 2. The number of carboxylic acid groups (broad SMARTS) is 2. The molecule has 32 heteroatoms. The van der Waals surface area contributed by atoms with Crippen molar-refractivity contribution in [1.29, 1.82) is 0 Å². The van der Waals surface area contributed by atoms with Crippen molar-refractivity contribution in [3.05, 3.63) is 22.2 Å². The molecule has 0 aliphatic carbocycles. The van der Waals surface area contributed by atoms with Crippen molar-refractivity contribution in [2.45, 2.75) is 102 Å². The van der Waals surface area contributed by atoms with Crippen molar-refractivity contribution < 1.29 is 100.0 Å². The summed E-state index contributed by atoms with van der Waals surface area (Å²) in [6.07, 6.45) is -3.95. The summed E-state index contributed by atoms with van der Waals surface area (Å²) in [5, 5.41) is 33.5. The normalized spacial score (nSPS) is 19.9. The van der Waals surface area contributed by atoms with Gasteiger partial charge in [-0.25, -0.2) is 18.5 Å². The molecule has 0 spiro atoms. The Hall–Kier alpha value is -3.27. The third-order valence-electron chi connectivity index (χ3n) is 8.07. The van der Waals surface area contributed by atoms with Crippen LogP contribution >= 0.6 is 45.1 Å². The molecule has 62 heavy (non-hydrogen) atoms. The second kappa shape index (κ2) is 25.3. The lowest BCUT2D eigenvalue weighted by Gasteiger charge is -2.21. The summed E-state index contributed by atoms with van der Waals surface area (Å²) in [5.41, 5.74) is 4.95. The number of nitrogens with two attached hydrogens (primary N) is 1. The number of hydrogen-bond donors (Lipinski definition) is 10. The third kappa shape index (κ3) is 21.4. The lowest BCUT2D eigenvalue weighted by atomic mass is 9.92. The molecular formula is C30H48N5O22P3S2. The molecule has 2 heterocycles. The largest absolute Gasteiger partial charge is 0.490 e. The van der Waals surface area contributed by atoms with Crippen LogP contribution in [-0.2, 0) is 71.7 Å². The van der Waals surface area contributed by atoms with Gasteiger partial charge in [0.25, 0.3) is 0 Å². The molecule has 11 N–H and O–H groups in total. The highest BCUT2D eigenvalue weighted by Crippen LogP contribution is 2.66. The van der Waals surface area contributed by atoms with Crippen molar-refractivity contribution in [2.75, 3.05) is 23.8 Å². The van der Waals surface area contributed by atoms with Gasteiger partial charge in [-0.05, 0) is 26.2 Å². The number of hydrogen-bond acceptors (Lipinski definition) is 20. The molecule has 0 aromatic carbocycles. The van der Waals surface area contributed by atoms with Gasteiger partial charge < -0.3 is 60.7 Å². The van der Waals surface area contributed by atoms with E-state index in [4.69, 9.17) is 30.1 Å². The number of rotatable bonds is 29. The van der Waals surface area contributed by atoms with Crippen molar-refractivity contribution >= 4 is 86.4 Å². The Morgan fingerprint density at radius 2 is 1.60 bits per heavy atom. The Labute approximate surface area is 360 Å². The Morgan fingerprint density at radius 1 is 0.968 bits per heavy atom. The van der Waals surface area contributed by atoms with Crippen molar-refractivity contribution in [2.24, 2.45) is 5.92 Å². The fourth-order valence-corrected chi connectivity index (χ4v) is 10.6. The predicted molar refractivity (Wildman–Crippen MR) is 213 cm³/mol. The van der Waals surface area contributed by atoms with Crippen LogP contribution in [0.2, 0.25) is 0 Å². The number of amides is 2. The molecule has 8 unspecified atom stereocenters. The van der Waals surface area contributed by atoms with Crippen molar-refractivity contribution in [3.63, 3.8) is 0 Å². The number of phosphoric ester groups is 1. The molecule has 0 radical (unpaired) electrons. The SMILES string of the molecule is CC(=O)NC(CCCSSCCCC(=O)OCc1cn(C2CC(O)C(COP(=O)(O)OP(=O)(O)OP(=O)(O)O)O2)c(=O)nc1N)C(=O)CC(CC(=O)O)C(=O)NC(C)CC(=O)O. The van der Waals surface area contributed by atoms with E-state index >= 15 is 0 Å². The predicted octanol–water partition coefficient (Wildman–Crippen LogP) is 0.336. The van der Waals surface area contributed by atoms with Crippen molar-refractivity contribution in [3.8, 4) is 0 Å². The average molecular weight is 988 g/mol. The molecule has 1 fully saturated rings.